The molecule has 0 unspecified atom stereocenters. The quantitative estimate of drug-likeness (QED) is 0.693. The van der Waals surface area contributed by atoms with Crippen LogP contribution >= 0.6 is 11.6 Å². The number of hydrogen-bond acceptors (Lipinski definition) is 1. The van der Waals surface area contributed by atoms with Crippen LogP contribution in [0.25, 0.3) is 22.2 Å². The predicted octanol–water partition coefficient (Wildman–Crippen LogP) is 4.33. The molecule has 0 amide bonds. The van der Waals surface area contributed by atoms with Gasteiger partial charge in [-0.1, -0.05) is 29.8 Å². The summed E-state index contributed by atoms with van der Waals surface area (Å²) in [6, 6.07) is 7.26. The minimum Gasteiger partial charge on any atom is -0.346 e. The highest BCUT2D eigenvalue weighted by molar-refractivity contribution is 6.34. The number of H-pyrrole nitrogens is 1. The Morgan fingerprint density at radius 2 is 2.11 bits per heavy atom. The third-order valence-corrected chi connectivity index (χ3v) is 3.48. The summed E-state index contributed by atoms with van der Waals surface area (Å²) in [4.78, 5) is 7.03. The van der Waals surface area contributed by atoms with Crippen LogP contribution in [0.3, 0.4) is 0 Å². The average molecular weight is 261 g/mol. The summed E-state index contributed by atoms with van der Waals surface area (Å²) in [6.45, 7) is 1.94. The normalized spacial score (nSPS) is 11.1. The van der Waals surface area contributed by atoms with Crippen LogP contribution in [0, 0.1) is 12.7 Å². The summed E-state index contributed by atoms with van der Waals surface area (Å²) in [5.41, 5.74) is 3.40. The zero-order valence-corrected chi connectivity index (χ0v) is 10.4. The Morgan fingerprint density at radius 3 is 2.94 bits per heavy atom. The molecule has 1 N–H and O–H groups in total. The van der Waals surface area contributed by atoms with Gasteiger partial charge in [0.05, 0.1) is 11.2 Å². The minimum absolute atomic E-state index is 0.355. The summed E-state index contributed by atoms with van der Waals surface area (Å²) in [7, 11) is 0. The van der Waals surface area contributed by atoms with Gasteiger partial charge in [-0.05, 0) is 18.6 Å². The van der Waals surface area contributed by atoms with Crippen molar-refractivity contribution in [1.29, 1.82) is 0 Å². The van der Waals surface area contributed by atoms with Crippen molar-refractivity contribution in [3.63, 3.8) is 0 Å². The van der Waals surface area contributed by atoms with Crippen LogP contribution < -0.4 is 0 Å². The van der Waals surface area contributed by atoms with Gasteiger partial charge in [-0.25, -0.2) is 9.37 Å². The largest absolute Gasteiger partial charge is 0.346 e. The molecule has 0 atom stereocenters. The lowest BCUT2D eigenvalue weighted by molar-refractivity contribution is 0.624. The van der Waals surface area contributed by atoms with Crippen LogP contribution in [-0.4, -0.2) is 9.97 Å². The van der Waals surface area contributed by atoms with Gasteiger partial charge >= 0.3 is 0 Å². The number of pyridine rings is 1. The van der Waals surface area contributed by atoms with Gasteiger partial charge in [-0.15, -0.1) is 0 Å². The van der Waals surface area contributed by atoms with Crippen LogP contribution in [-0.2, 0) is 0 Å². The highest BCUT2D eigenvalue weighted by Gasteiger charge is 2.11. The fourth-order valence-corrected chi connectivity index (χ4v) is 2.28. The van der Waals surface area contributed by atoms with Crippen molar-refractivity contribution in [2.45, 2.75) is 6.92 Å². The fourth-order valence-electron chi connectivity index (χ4n) is 2.06. The summed E-state index contributed by atoms with van der Waals surface area (Å²) >= 11 is 6.30. The second-order valence-corrected chi connectivity index (χ2v) is 4.57. The first-order valence-electron chi connectivity index (χ1n) is 5.55. The monoisotopic (exact) mass is 260 g/mol. The number of nitrogens with zero attached hydrogens (tertiary/aromatic N) is 1. The molecular formula is C14H10ClFN2. The third-order valence-electron chi connectivity index (χ3n) is 2.98. The number of aromatic amines is 1. The van der Waals surface area contributed by atoms with E-state index >= 15 is 0 Å². The number of rotatable bonds is 1. The van der Waals surface area contributed by atoms with Gasteiger partial charge in [0.25, 0.3) is 0 Å². The third kappa shape index (κ3) is 1.68. The van der Waals surface area contributed by atoms with Crippen molar-refractivity contribution in [3.05, 3.63) is 53.1 Å². The smallest absolute Gasteiger partial charge is 0.142 e. The maximum absolute atomic E-state index is 13.3. The van der Waals surface area contributed by atoms with E-state index in [0.29, 0.717) is 10.7 Å². The molecule has 2 nitrogen and oxygen atoms in total. The van der Waals surface area contributed by atoms with Gasteiger partial charge in [0.1, 0.15) is 11.5 Å². The molecule has 18 heavy (non-hydrogen) atoms. The van der Waals surface area contributed by atoms with E-state index in [4.69, 9.17) is 11.6 Å². The van der Waals surface area contributed by atoms with E-state index in [-0.39, 0.29) is 5.82 Å². The van der Waals surface area contributed by atoms with Crippen LogP contribution in [0.4, 0.5) is 4.39 Å². The van der Waals surface area contributed by atoms with Gasteiger partial charge in [0.15, 0.2) is 0 Å². The molecule has 0 aliphatic heterocycles. The van der Waals surface area contributed by atoms with E-state index in [1.165, 1.54) is 12.3 Å². The van der Waals surface area contributed by atoms with Crippen molar-refractivity contribution >= 4 is 22.6 Å². The number of aryl methyl sites for hydroxylation is 1. The number of nitrogens with one attached hydrogen (secondary N) is 1. The van der Waals surface area contributed by atoms with E-state index in [0.717, 1.165) is 22.1 Å². The van der Waals surface area contributed by atoms with Crippen LogP contribution in [0.15, 0.2) is 36.7 Å². The Hall–Kier alpha value is -1.87. The van der Waals surface area contributed by atoms with Gasteiger partial charge in [-0.3, -0.25) is 0 Å². The molecule has 0 spiro atoms. The molecule has 4 heteroatoms. The average Bonchev–Trinajstić information content (AvgIpc) is 2.75. The topological polar surface area (TPSA) is 28.7 Å². The molecule has 0 fully saturated rings. The Morgan fingerprint density at radius 1 is 1.28 bits per heavy atom. The predicted molar refractivity (Wildman–Crippen MR) is 71.2 cm³/mol. The first kappa shape index (κ1) is 11.2. The molecule has 0 bridgehead atoms. The zero-order chi connectivity index (χ0) is 12.7. The SMILES string of the molecule is Cc1cccc(-c2c[nH]c3ncc(F)cc23)c1Cl. The molecule has 3 aromatic rings. The molecule has 0 saturated carbocycles. The zero-order valence-electron chi connectivity index (χ0n) is 9.67. The molecule has 0 radical (unpaired) electrons. The molecular weight excluding hydrogens is 251 g/mol. The number of halogens is 2. The number of aromatic nitrogens is 2. The van der Waals surface area contributed by atoms with Crippen molar-refractivity contribution in [1.82, 2.24) is 9.97 Å². The van der Waals surface area contributed by atoms with Gasteiger partial charge in [-0.2, -0.15) is 0 Å². The Bertz CT molecular complexity index is 734. The van der Waals surface area contributed by atoms with E-state index < -0.39 is 0 Å². The van der Waals surface area contributed by atoms with Crippen molar-refractivity contribution in [2.75, 3.05) is 0 Å². The van der Waals surface area contributed by atoms with Crippen LogP contribution in [0.1, 0.15) is 5.56 Å². The first-order valence-corrected chi connectivity index (χ1v) is 5.93. The maximum atomic E-state index is 13.3. The molecule has 1 aromatic carbocycles. The molecule has 0 saturated heterocycles. The molecule has 2 aromatic heterocycles. The van der Waals surface area contributed by atoms with E-state index in [1.807, 2.05) is 25.1 Å². The fraction of sp³-hybridized carbons (Fsp3) is 0.0714. The van der Waals surface area contributed by atoms with Crippen LogP contribution in [0.5, 0.6) is 0 Å². The lowest BCUT2D eigenvalue weighted by Crippen LogP contribution is -1.83. The highest BCUT2D eigenvalue weighted by Crippen LogP contribution is 2.34. The van der Waals surface area contributed by atoms with Gasteiger partial charge in [0, 0.05) is 22.7 Å². The summed E-state index contributed by atoms with van der Waals surface area (Å²) < 4.78 is 13.3. The van der Waals surface area contributed by atoms with Crippen molar-refractivity contribution < 1.29 is 4.39 Å². The Labute approximate surface area is 108 Å². The van der Waals surface area contributed by atoms with Gasteiger partial charge < -0.3 is 4.98 Å². The van der Waals surface area contributed by atoms with E-state index in [2.05, 4.69) is 9.97 Å². The lowest BCUT2D eigenvalue weighted by atomic mass is 10.0. The second kappa shape index (κ2) is 4.10. The van der Waals surface area contributed by atoms with Crippen molar-refractivity contribution in [2.24, 2.45) is 0 Å². The lowest BCUT2D eigenvalue weighted by Gasteiger charge is -2.05. The molecule has 2 heterocycles. The number of hydrogen-bond donors (Lipinski definition) is 1. The molecule has 3 rings (SSSR count). The summed E-state index contributed by atoms with van der Waals surface area (Å²) in [5.74, 6) is -0.355. The van der Waals surface area contributed by atoms with E-state index in [9.17, 15) is 4.39 Å². The van der Waals surface area contributed by atoms with E-state index in [1.54, 1.807) is 6.20 Å². The van der Waals surface area contributed by atoms with Gasteiger partial charge in [0.2, 0.25) is 0 Å². The maximum Gasteiger partial charge on any atom is 0.142 e. The summed E-state index contributed by atoms with van der Waals surface area (Å²) in [6.07, 6.45) is 3.00. The van der Waals surface area contributed by atoms with Crippen LogP contribution in [0.2, 0.25) is 5.02 Å². The summed E-state index contributed by atoms with van der Waals surface area (Å²) in [5, 5.41) is 1.42. The molecule has 0 aliphatic rings. The van der Waals surface area contributed by atoms with Crippen molar-refractivity contribution in [3.8, 4) is 11.1 Å². The second-order valence-electron chi connectivity index (χ2n) is 4.19. The Kier molecular flexibility index (Phi) is 2.56. The highest BCUT2D eigenvalue weighted by atomic mass is 35.5. The number of fused-ring (bicyclic) bond motifs is 1. The molecule has 90 valence electrons. The standard InChI is InChI=1S/C14H10ClFN2/c1-8-3-2-4-10(13(8)15)12-7-18-14-11(12)5-9(16)6-17-14/h2-7H,1H3,(H,17,18). The number of benzene rings is 1. The molecule has 0 aliphatic carbocycles. The minimum atomic E-state index is -0.355. The Balaban J connectivity index is 2.32. The first-order chi connectivity index (χ1) is 8.66.